The van der Waals surface area contributed by atoms with Gasteiger partial charge in [-0.1, -0.05) is 62.4 Å². The molecule has 0 atom stereocenters. The molecule has 2 heterocycles. The molecule has 3 heteroatoms. The smallest absolute Gasteiger partial charge is 0.121 e. The molecule has 5 aromatic rings. The number of fused-ring (bicyclic) bond motifs is 6. The van der Waals surface area contributed by atoms with Crippen LogP contribution >= 0.6 is 0 Å². The third-order valence-corrected chi connectivity index (χ3v) is 4.63. The molecule has 0 fully saturated rings. The minimum atomic E-state index is 1.20. The Morgan fingerprint density at radius 3 is 2.44 bits per heavy atom. The standard InChI is InChI=1S/C20H17N3.C2H6/c1-3-6-15-9-11-17(13-14(15)2)21-22-19-12-10-16-7-4-5-8-18(16)20(19)23(21)22;1-2/h3-13H,1-2H3;1-2H3. The lowest BCUT2D eigenvalue weighted by Crippen LogP contribution is -1.91. The monoisotopic (exact) mass is 329 g/mol. The second-order valence-corrected chi connectivity index (χ2v) is 6.06. The van der Waals surface area contributed by atoms with Gasteiger partial charge in [0, 0.05) is 5.39 Å². The Balaban J connectivity index is 0.000000758. The summed E-state index contributed by atoms with van der Waals surface area (Å²) < 4.78 is 4.45. The van der Waals surface area contributed by atoms with E-state index in [2.05, 4.69) is 94.7 Å². The molecule has 0 aliphatic rings. The van der Waals surface area contributed by atoms with E-state index >= 15 is 0 Å². The first-order valence-corrected chi connectivity index (χ1v) is 8.95. The van der Waals surface area contributed by atoms with E-state index < -0.39 is 0 Å². The molecule has 126 valence electrons. The fourth-order valence-corrected chi connectivity index (χ4v) is 3.46. The molecular weight excluding hydrogens is 306 g/mol. The van der Waals surface area contributed by atoms with E-state index in [1.807, 2.05) is 13.8 Å². The zero-order chi connectivity index (χ0) is 17.6. The number of hydrogen-bond acceptors (Lipinski definition) is 0. The van der Waals surface area contributed by atoms with Crippen molar-refractivity contribution in [1.29, 1.82) is 0 Å². The SMILES string of the molecule is CC.CC=Cc1ccc(-n2n3c4ccc5ccccc5c4n23)cc1C. The summed E-state index contributed by atoms with van der Waals surface area (Å²) in [5.41, 5.74) is 6.36. The molecule has 0 aliphatic carbocycles. The highest BCUT2D eigenvalue weighted by Crippen LogP contribution is 2.32. The maximum absolute atomic E-state index is 2.25. The van der Waals surface area contributed by atoms with Crippen LogP contribution in [0.5, 0.6) is 0 Å². The molecule has 25 heavy (non-hydrogen) atoms. The van der Waals surface area contributed by atoms with Gasteiger partial charge in [0.15, 0.2) is 0 Å². The summed E-state index contributed by atoms with van der Waals surface area (Å²) in [6, 6.07) is 19.6. The molecule has 0 spiro atoms. The summed E-state index contributed by atoms with van der Waals surface area (Å²) in [7, 11) is 0. The molecule has 5 rings (SSSR count). The highest BCUT2D eigenvalue weighted by Gasteiger charge is 2.25. The average molecular weight is 329 g/mol. The summed E-state index contributed by atoms with van der Waals surface area (Å²) in [5, 5.41) is 2.60. The van der Waals surface area contributed by atoms with Gasteiger partial charge in [-0.05, 0) is 48.6 Å². The van der Waals surface area contributed by atoms with Crippen molar-refractivity contribution < 1.29 is 0 Å². The second-order valence-electron chi connectivity index (χ2n) is 6.06. The summed E-state index contributed by atoms with van der Waals surface area (Å²) >= 11 is 0. The number of aromatic nitrogens is 3. The summed E-state index contributed by atoms with van der Waals surface area (Å²) in [6.45, 7) is 8.22. The fraction of sp³-hybridized carbons (Fsp3) is 0.182. The van der Waals surface area contributed by atoms with E-state index in [4.69, 9.17) is 0 Å². The number of allylic oxidation sites excluding steroid dienone is 1. The van der Waals surface area contributed by atoms with Gasteiger partial charge >= 0.3 is 0 Å². The molecule has 2 aromatic heterocycles. The predicted molar refractivity (Wildman–Crippen MR) is 107 cm³/mol. The summed E-state index contributed by atoms with van der Waals surface area (Å²) in [6.07, 6.45) is 4.23. The highest BCUT2D eigenvalue weighted by atomic mass is 15.9. The van der Waals surface area contributed by atoms with Crippen LogP contribution in [0.4, 0.5) is 0 Å². The lowest BCUT2D eigenvalue weighted by molar-refractivity contribution is 1.01. The van der Waals surface area contributed by atoms with Crippen LogP contribution in [-0.2, 0) is 0 Å². The van der Waals surface area contributed by atoms with Gasteiger partial charge in [-0.15, -0.1) is 9.26 Å². The lowest BCUT2D eigenvalue weighted by atomic mass is 10.1. The predicted octanol–water partition coefficient (Wildman–Crippen LogP) is 5.94. The maximum Gasteiger partial charge on any atom is 0.121 e. The highest BCUT2D eigenvalue weighted by molar-refractivity contribution is 6.05. The van der Waals surface area contributed by atoms with Crippen molar-refractivity contribution in [3.63, 3.8) is 0 Å². The Morgan fingerprint density at radius 1 is 0.880 bits per heavy atom. The Bertz CT molecular complexity index is 1180. The normalized spacial score (nSPS) is 11.8. The molecule has 0 bridgehead atoms. The van der Waals surface area contributed by atoms with Crippen LogP contribution in [0, 0.1) is 6.92 Å². The third kappa shape index (κ3) is 2.19. The number of nitrogens with zero attached hydrogens (tertiary/aromatic N) is 3. The Kier molecular flexibility index (Phi) is 3.65. The number of aryl methyl sites for hydroxylation is 1. The number of benzene rings is 3. The molecule has 0 unspecified atom stereocenters. The van der Waals surface area contributed by atoms with Crippen molar-refractivity contribution in [1.82, 2.24) is 14.1 Å². The minimum absolute atomic E-state index is 1.20. The zero-order valence-electron chi connectivity index (χ0n) is 15.2. The van der Waals surface area contributed by atoms with Gasteiger partial charge in [0.05, 0.1) is 5.69 Å². The van der Waals surface area contributed by atoms with Crippen molar-refractivity contribution >= 4 is 27.9 Å². The zero-order valence-corrected chi connectivity index (χ0v) is 15.2. The summed E-state index contributed by atoms with van der Waals surface area (Å²) in [5.74, 6) is 0. The van der Waals surface area contributed by atoms with Crippen molar-refractivity contribution in [3.8, 4) is 5.69 Å². The van der Waals surface area contributed by atoms with Gasteiger partial charge in [0.1, 0.15) is 11.0 Å². The van der Waals surface area contributed by atoms with E-state index in [0.29, 0.717) is 0 Å². The van der Waals surface area contributed by atoms with Crippen molar-refractivity contribution in [2.75, 3.05) is 0 Å². The number of rotatable bonds is 2. The van der Waals surface area contributed by atoms with Gasteiger partial charge in [-0.3, -0.25) is 0 Å². The van der Waals surface area contributed by atoms with E-state index in [9.17, 15) is 0 Å². The van der Waals surface area contributed by atoms with E-state index in [1.54, 1.807) is 0 Å². The topological polar surface area (TPSA) is 13.8 Å². The fourth-order valence-electron chi connectivity index (χ4n) is 3.46. The Labute approximate surface area is 147 Å². The quantitative estimate of drug-likeness (QED) is 0.380. The van der Waals surface area contributed by atoms with Crippen LogP contribution in [0.3, 0.4) is 0 Å². The molecule has 3 nitrogen and oxygen atoms in total. The molecule has 0 aliphatic heterocycles. The third-order valence-electron chi connectivity index (χ3n) is 4.63. The first-order chi connectivity index (χ1) is 12.3. The average Bonchev–Trinajstić information content (AvgIpc) is 3.30. The summed E-state index contributed by atoms with van der Waals surface area (Å²) in [4.78, 5) is 2.23. The van der Waals surface area contributed by atoms with E-state index in [-0.39, 0.29) is 0 Å². The molecule has 0 radical (unpaired) electrons. The van der Waals surface area contributed by atoms with E-state index in [1.165, 1.54) is 38.6 Å². The first kappa shape index (κ1) is 15.6. The van der Waals surface area contributed by atoms with Gasteiger partial charge in [-0.2, -0.15) is 4.80 Å². The second kappa shape index (κ2) is 5.85. The van der Waals surface area contributed by atoms with Crippen molar-refractivity contribution in [3.05, 3.63) is 71.8 Å². The van der Waals surface area contributed by atoms with Gasteiger partial charge in [-0.25, -0.2) is 0 Å². The molecular formula is C22H23N3. The van der Waals surface area contributed by atoms with Crippen LogP contribution in [0.15, 0.2) is 60.7 Å². The maximum atomic E-state index is 2.25. The minimum Gasteiger partial charge on any atom is -0.150 e. The van der Waals surface area contributed by atoms with Crippen LogP contribution in [0.1, 0.15) is 31.9 Å². The van der Waals surface area contributed by atoms with Crippen LogP contribution < -0.4 is 0 Å². The molecule has 0 saturated carbocycles. The van der Waals surface area contributed by atoms with Gasteiger partial charge in [0.25, 0.3) is 0 Å². The molecule has 0 N–H and O–H groups in total. The van der Waals surface area contributed by atoms with Gasteiger partial charge in [0.2, 0.25) is 0 Å². The van der Waals surface area contributed by atoms with Crippen molar-refractivity contribution in [2.45, 2.75) is 27.7 Å². The molecule has 0 amide bonds. The Hall–Kier alpha value is -2.94. The number of hydrogen-bond donors (Lipinski definition) is 0. The largest absolute Gasteiger partial charge is 0.150 e. The van der Waals surface area contributed by atoms with Crippen LogP contribution in [0.25, 0.3) is 33.6 Å². The molecule has 0 saturated heterocycles. The first-order valence-electron chi connectivity index (χ1n) is 8.95. The van der Waals surface area contributed by atoms with Crippen LogP contribution in [-0.4, -0.2) is 14.1 Å². The van der Waals surface area contributed by atoms with Gasteiger partial charge < -0.3 is 0 Å². The van der Waals surface area contributed by atoms with Crippen molar-refractivity contribution in [2.24, 2.45) is 0 Å². The lowest BCUT2D eigenvalue weighted by Gasteiger charge is -2.02. The van der Waals surface area contributed by atoms with Crippen LogP contribution in [0.2, 0.25) is 0 Å². The van der Waals surface area contributed by atoms with E-state index in [0.717, 1.165) is 0 Å². The molecule has 3 aromatic carbocycles. The Morgan fingerprint density at radius 2 is 1.68 bits per heavy atom.